The number of rotatable bonds is 4. The summed E-state index contributed by atoms with van der Waals surface area (Å²) in [5.74, 6) is 0.448. The molecular weight excluding hydrogens is 360 g/mol. The maximum Gasteiger partial charge on any atom is 0.309 e. The molecule has 2 aliphatic rings. The lowest BCUT2D eigenvalue weighted by atomic mass is 9.89. The number of esters is 2. The van der Waals surface area contributed by atoms with E-state index in [1.54, 1.807) is 0 Å². The number of carbonyl (C=O) groups excluding carboxylic acids is 2. The highest BCUT2D eigenvalue weighted by atomic mass is 16.6. The van der Waals surface area contributed by atoms with Crippen LogP contribution >= 0.6 is 0 Å². The number of methoxy groups -OCH3 is 2. The van der Waals surface area contributed by atoms with Gasteiger partial charge in [0.05, 0.1) is 27.1 Å². The summed E-state index contributed by atoms with van der Waals surface area (Å²) in [6, 6.07) is 15.3. The van der Waals surface area contributed by atoms with Crippen molar-refractivity contribution in [1.29, 1.82) is 0 Å². The summed E-state index contributed by atoms with van der Waals surface area (Å²) in [4.78, 5) is 23.8. The van der Waals surface area contributed by atoms with Crippen LogP contribution in [0.15, 0.2) is 48.5 Å². The summed E-state index contributed by atoms with van der Waals surface area (Å²) in [6.45, 7) is 0. The smallest absolute Gasteiger partial charge is 0.309 e. The minimum absolute atomic E-state index is 0.0953. The van der Waals surface area contributed by atoms with Crippen LogP contribution in [-0.2, 0) is 28.5 Å². The van der Waals surface area contributed by atoms with Gasteiger partial charge in [0.2, 0.25) is 0 Å². The monoisotopic (exact) mass is 380 g/mol. The lowest BCUT2D eigenvalue weighted by Crippen LogP contribution is -2.24. The Morgan fingerprint density at radius 1 is 0.750 bits per heavy atom. The van der Waals surface area contributed by atoms with Crippen LogP contribution < -0.4 is 0 Å². The molecule has 0 bridgehead atoms. The predicted octanol–water partition coefficient (Wildman–Crippen LogP) is 3.78. The molecule has 144 valence electrons. The van der Waals surface area contributed by atoms with E-state index in [1.165, 1.54) is 14.2 Å². The first kappa shape index (κ1) is 18.1. The first-order chi connectivity index (χ1) is 13.6. The molecule has 28 heavy (non-hydrogen) atoms. The number of fused-ring (bicyclic) bond motifs is 4. The summed E-state index contributed by atoms with van der Waals surface area (Å²) in [5, 5.41) is 0. The van der Waals surface area contributed by atoms with Gasteiger partial charge in [-0.2, -0.15) is 0 Å². The maximum atomic E-state index is 11.9. The second-order valence-corrected chi connectivity index (χ2v) is 6.61. The molecule has 0 radical (unpaired) electrons. The predicted molar refractivity (Wildman–Crippen MR) is 101 cm³/mol. The van der Waals surface area contributed by atoms with E-state index in [9.17, 15) is 9.59 Å². The van der Waals surface area contributed by atoms with Crippen LogP contribution in [0.1, 0.15) is 47.3 Å². The molecule has 2 heterocycles. The summed E-state index contributed by atoms with van der Waals surface area (Å²) in [6.07, 6.45) is -0.761. The Morgan fingerprint density at radius 3 is 1.54 bits per heavy atom. The number of ether oxygens (including phenoxy) is 4. The molecule has 0 spiro atoms. The molecule has 0 saturated carbocycles. The number of hydrogen-bond donors (Lipinski definition) is 0. The highest BCUT2D eigenvalue weighted by Crippen LogP contribution is 2.49. The Morgan fingerprint density at radius 2 is 1.14 bits per heavy atom. The van der Waals surface area contributed by atoms with Gasteiger partial charge in [-0.3, -0.25) is 9.59 Å². The normalized spacial score (nSPS) is 19.4. The van der Waals surface area contributed by atoms with Crippen LogP contribution in [0.25, 0.3) is 11.5 Å². The van der Waals surface area contributed by atoms with E-state index in [-0.39, 0.29) is 24.8 Å². The SMILES string of the molecule is COC(=O)C[C@@H]1OC2=C(O[C@H](CC(=O)OC)c3ccccc32)c2ccccc21. The van der Waals surface area contributed by atoms with Crippen molar-refractivity contribution in [2.24, 2.45) is 0 Å². The third-order valence-corrected chi connectivity index (χ3v) is 4.99. The summed E-state index contributed by atoms with van der Waals surface area (Å²) in [5.41, 5.74) is 3.40. The van der Waals surface area contributed by atoms with Gasteiger partial charge in [0.25, 0.3) is 0 Å². The molecule has 2 aromatic rings. The average molecular weight is 380 g/mol. The molecule has 6 nitrogen and oxygen atoms in total. The molecule has 0 aromatic heterocycles. The van der Waals surface area contributed by atoms with Crippen LogP contribution in [0.4, 0.5) is 0 Å². The van der Waals surface area contributed by atoms with Gasteiger partial charge in [0.15, 0.2) is 11.5 Å². The van der Waals surface area contributed by atoms with Crippen LogP contribution in [0.3, 0.4) is 0 Å². The minimum atomic E-state index is -0.476. The fraction of sp³-hybridized carbons (Fsp3) is 0.273. The zero-order chi connectivity index (χ0) is 19.7. The molecule has 0 saturated heterocycles. The first-order valence-corrected chi connectivity index (χ1v) is 9.02. The molecule has 2 atom stereocenters. The van der Waals surface area contributed by atoms with E-state index in [2.05, 4.69) is 0 Å². The van der Waals surface area contributed by atoms with Gasteiger partial charge in [-0.25, -0.2) is 0 Å². The Balaban J connectivity index is 1.81. The van der Waals surface area contributed by atoms with E-state index in [1.807, 2.05) is 48.5 Å². The summed E-state index contributed by atoms with van der Waals surface area (Å²) >= 11 is 0. The quantitative estimate of drug-likeness (QED) is 0.752. The van der Waals surface area contributed by atoms with Crippen molar-refractivity contribution in [3.8, 4) is 0 Å². The maximum absolute atomic E-state index is 11.9. The number of hydrogen-bond acceptors (Lipinski definition) is 6. The van der Waals surface area contributed by atoms with E-state index in [0.29, 0.717) is 11.5 Å². The topological polar surface area (TPSA) is 71.1 Å². The molecule has 2 aromatic carbocycles. The lowest BCUT2D eigenvalue weighted by molar-refractivity contribution is -0.144. The van der Waals surface area contributed by atoms with Gasteiger partial charge in [-0.05, 0) is 0 Å². The Labute approximate surface area is 162 Å². The highest BCUT2D eigenvalue weighted by Gasteiger charge is 2.38. The summed E-state index contributed by atoms with van der Waals surface area (Å²) < 4.78 is 22.1. The molecule has 0 fully saturated rings. The van der Waals surface area contributed by atoms with Gasteiger partial charge in [0.1, 0.15) is 12.2 Å². The zero-order valence-corrected chi connectivity index (χ0v) is 15.6. The van der Waals surface area contributed by atoms with Crippen LogP contribution in [0, 0.1) is 0 Å². The van der Waals surface area contributed by atoms with Gasteiger partial charge in [0, 0.05) is 22.3 Å². The van der Waals surface area contributed by atoms with Gasteiger partial charge < -0.3 is 18.9 Å². The third kappa shape index (κ3) is 3.11. The van der Waals surface area contributed by atoms with Crippen molar-refractivity contribution in [2.45, 2.75) is 25.0 Å². The molecule has 0 unspecified atom stereocenters. The van der Waals surface area contributed by atoms with E-state index in [0.717, 1.165) is 22.3 Å². The van der Waals surface area contributed by atoms with Crippen molar-refractivity contribution in [1.82, 2.24) is 0 Å². The molecule has 2 aliphatic heterocycles. The van der Waals surface area contributed by atoms with Crippen molar-refractivity contribution in [3.05, 3.63) is 70.8 Å². The molecule has 0 aliphatic carbocycles. The Kier molecular flexibility index (Phi) is 4.77. The second kappa shape index (κ2) is 7.38. The number of carbonyl (C=O) groups is 2. The fourth-order valence-corrected chi connectivity index (χ4v) is 3.63. The average Bonchev–Trinajstić information content (AvgIpc) is 2.74. The first-order valence-electron chi connectivity index (χ1n) is 9.02. The van der Waals surface area contributed by atoms with Crippen LogP contribution in [0.5, 0.6) is 0 Å². The van der Waals surface area contributed by atoms with Crippen molar-refractivity contribution in [3.63, 3.8) is 0 Å². The Hall–Kier alpha value is -3.28. The van der Waals surface area contributed by atoms with Gasteiger partial charge in [-0.1, -0.05) is 48.5 Å². The van der Waals surface area contributed by atoms with Crippen molar-refractivity contribution in [2.75, 3.05) is 14.2 Å². The molecule has 0 amide bonds. The number of benzene rings is 2. The molecule has 0 N–H and O–H groups in total. The standard InChI is InChI=1S/C22H20O6/c1-25-19(23)11-17-13-7-3-5-9-15(13)22-21(27-17)16-10-6-4-8-14(16)18(28-22)12-20(24)26-2/h3-10,17-18H,11-12H2,1-2H3/t17-,18+. The molecular formula is C22H20O6. The molecule has 4 rings (SSSR count). The largest absolute Gasteiger partial charge is 0.481 e. The van der Waals surface area contributed by atoms with E-state index in [4.69, 9.17) is 18.9 Å². The Bertz CT molecular complexity index is 884. The van der Waals surface area contributed by atoms with Gasteiger partial charge >= 0.3 is 11.9 Å². The van der Waals surface area contributed by atoms with Crippen molar-refractivity contribution >= 4 is 23.5 Å². The highest BCUT2D eigenvalue weighted by molar-refractivity contribution is 5.90. The zero-order valence-electron chi connectivity index (χ0n) is 15.6. The summed E-state index contributed by atoms with van der Waals surface area (Å²) in [7, 11) is 2.72. The van der Waals surface area contributed by atoms with E-state index < -0.39 is 12.2 Å². The minimum Gasteiger partial charge on any atom is -0.481 e. The van der Waals surface area contributed by atoms with Gasteiger partial charge in [-0.15, -0.1) is 0 Å². The lowest BCUT2D eigenvalue weighted by Gasteiger charge is -2.36. The fourth-order valence-electron chi connectivity index (χ4n) is 3.63. The third-order valence-electron chi connectivity index (χ3n) is 4.99. The van der Waals surface area contributed by atoms with Crippen LogP contribution in [0.2, 0.25) is 0 Å². The molecule has 6 heteroatoms. The van der Waals surface area contributed by atoms with Crippen LogP contribution in [-0.4, -0.2) is 26.2 Å². The second-order valence-electron chi connectivity index (χ2n) is 6.61. The van der Waals surface area contributed by atoms with Crippen molar-refractivity contribution < 1.29 is 28.5 Å². The van der Waals surface area contributed by atoms with E-state index >= 15 is 0 Å².